The zero-order valence-electron chi connectivity index (χ0n) is 11.4. The van der Waals surface area contributed by atoms with Gasteiger partial charge in [0.1, 0.15) is 0 Å². The van der Waals surface area contributed by atoms with Crippen molar-refractivity contribution in [3.8, 4) is 0 Å². The molecule has 2 nitrogen and oxygen atoms in total. The number of rotatable bonds is 3. The molecule has 0 bridgehead atoms. The summed E-state index contributed by atoms with van der Waals surface area (Å²) in [5.74, 6) is 0. The first-order valence-corrected chi connectivity index (χ1v) is 7.00. The van der Waals surface area contributed by atoms with Gasteiger partial charge in [-0.25, -0.2) is 0 Å². The molecule has 0 spiro atoms. The van der Waals surface area contributed by atoms with Gasteiger partial charge in [-0.05, 0) is 63.4 Å². The number of hydrogen-bond donors (Lipinski definition) is 0. The molecule has 0 radical (unpaired) electrons. The fourth-order valence-electron chi connectivity index (χ4n) is 3.15. The van der Waals surface area contributed by atoms with Gasteiger partial charge in [0.05, 0.1) is 0 Å². The van der Waals surface area contributed by atoms with E-state index in [2.05, 4.69) is 53.9 Å². The van der Waals surface area contributed by atoms with Crippen LogP contribution < -0.4 is 0 Å². The van der Waals surface area contributed by atoms with Gasteiger partial charge in [-0.3, -0.25) is 0 Å². The van der Waals surface area contributed by atoms with E-state index < -0.39 is 0 Å². The Bertz CT molecular complexity index is 541. The number of likely N-dealkylation sites (tertiary alicyclic amines) is 1. The third-order valence-corrected chi connectivity index (χ3v) is 4.30. The molecule has 0 amide bonds. The lowest BCUT2D eigenvalue weighted by Gasteiger charge is -2.19. The van der Waals surface area contributed by atoms with E-state index in [4.69, 9.17) is 0 Å². The van der Waals surface area contributed by atoms with Gasteiger partial charge in [-0.15, -0.1) is 0 Å². The number of nitrogens with zero attached hydrogens (tertiary/aromatic N) is 2. The van der Waals surface area contributed by atoms with E-state index >= 15 is 0 Å². The maximum Gasteiger partial charge on any atom is 0.0480 e. The van der Waals surface area contributed by atoms with Gasteiger partial charge in [-0.1, -0.05) is 11.6 Å². The summed E-state index contributed by atoms with van der Waals surface area (Å²) in [6.07, 6.45) is 6.24. The van der Waals surface area contributed by atoms with Crippen LogP contribution in [0.1, 0.15) is 24.8 Å². The number of hydrogen-bond acceptors (Lipinski definition) is 1. The van der Waals surface area contributed by atoms with Crippen molar-refractivity contribution >= 4 is 10.9 Å². The summed E-state index contributed by atoms with van der Waals surface area (Å²) >= 11 is 0. The number of benzene rings is 1. The van der Waals surface area contributed by atoms with E-state index in [9.17, 15) is 0 Å². The molecule has 96 valence electrons. The number of aryl methyl sites for hydroxylation is 2. The second-order valence-corrected chi connectivity index (χ2v) is 5.64. The molecule has 1 aliphatic rings. The standard InChI is InChI=1S/C16H22N2/c1-13-5-6-16-14(12-13)7-10-18(16)11-8-15-4-3-9-17(15)2/h5-7,10,12,15H,3-4,8-9,11H2,1-2H3. The van der Waals surface area contributed by atoms with E-state index in [1.165, 1.54) is 42.3 Å². The molecule has 1 aromatic carbocycles. The lowest BCUT2D eigenvalue weighted by molar-refractivity contribution is 0.287. The lowest BCUT2D eigenvalue weighted by atomic mass is 10.1. The molecule has 1 aliphatic heterocycles. The Balaban J connectivity index is 1.74. The maximum atomic E-state index is 2.51. The third-order valence-electron chi connectivity index (χ3n) is 4.30. The summed E-state index contributed by atoms with van der Waals surface area (Å²) in [4.78, 5) is 2.51. The van der Waals surface area contributed by atoms with Crippen LogP contribution in [0.4, 0.5) is 0 Å². The van der Waals surface area contributed by atoms with Crippen molar-refractivity contribution in [2.75, 3.05) is 13.6 Å². The Morgan fingerprint density at radius 1 is 1.28 bits per heavy atom. The molecule has 1 aromatic heterocycles. The molecular formula is C16H22N2. The Kier molecular flexibility index (Phi) is 3.13. The molecule has 0 saturated carbocycles. The van der Waals surface area contributed by atoms with Crippen molar-refractivity contribution < 1.29 is 0 Å². The minimum absolute atomic E-state index is 0.785. The van der Waals surface area contributed by atoms with Crippen LogP contribution in [0.5, 0.6) is 0 Å². The first-order valence-electron chi connectivity index (χ1n) is 7.00. The Labute approximate surface area is 109 Å². The molecule has 1 atom stereocenters. The first kappa shape index (κ1) is 11.8. The number of fused-ring (bicyclic) bond motifs is 1. The number of aromatic nitrogens is 1. The molecule has 3 rings (SSSR count). The monoisotopic (exact) mass is 242 g/mol. The van der Waals surface area contributed by atoms with Gasteiger partial charge >= 0.3 is 0 Å². The second kappa shape index (κ2) is 4.77. The van der Waals surface area contributed by atoms with Gasteiger partial charge in [0, 0.05) is 24.3 Å². The van der Waals surface area contributed by atoms with Crippen molar-refractivity contribution in [1.82, 2.24) is 9.47 Å². The fourth-order valence-corrected chi connectivity index (χ4v) is 3.15. The molecule has 1 saturated heterocycles. The van der Waals surface area contributed by atoms with Crippen LogP contribution in [0.25, 0.3) is 10.9 Å². The van der Waals surface area contributed by atoms with Crippen LogP contribution in [0.2, 0.25) is 0 Å². The summed E-state index contributed by atoms with van der Waals surface area (Å²) in [5.41, 5.74) is 2.72. The molecule has 0 N–H and O–H groups in total. The zero-order valence-corrected chi connectivity index (χ0v) is 11.4. The summed E-state index contributed by atoms with van der Waals surface area (Å²) < 4.78 is 2.40. The molecule has 2 aromatic rings. The smallest absolute Gasteiger partial charge is 0.0480 e. The molecule has 0 aliphatic carbocycles. The van der Waals surface area contributed by atoms with Crippen LogP contribution in [-0.2, 0) is 6.54 Å². The van der Waals surface area contributed by atoms with E-state index in [1.807, 2.05) is 0 Å². The summed E-state index contributed by atoms with van der Waals surface area (Å²) in [6.45, 7) is 4.57. The Morgan fingerprint density at radius 2 is 2.17 bits per heavy atom. The minimum Gasteiger partial charge on any atom is -0.347 e. The van der Waals surface area contributed by atoms with Crippen LogP contribution in [-0.4, -0.2) is 29.1 Å². The molecule has 1 fully saturated rings. The minimum atomic E-state index is 0.785. The van der Waals surface area contributed by atoms with E-state index in [1.54, 1.807) is 0 Å². The van der Waals surface area contributed by atoms with E-state index in [0.717, 1.165) is 12.6 Å². The summed E-state index contributed by atoms with van der Waals surface area (Å²) in [5, 5.41) is 1.37. The van der Waals surface area contributed by atoms with Crippen molar-refractivity contribution in [1.29, 1.82) is 0 Å². The fraction of sp³-hybridized carbons (Fsp3) is 0.500. The topological polar surface area (TPSA) is 8.17 Å². The Hall–Kier alpha value is -1.28. The van der Waals surface area contributed by atoms with Gasteiger partial charge in [0.2, 0.25) is 0 Å². The van der Waals surface area contributed by atoms with Crippen molar-refractivity contribution in [3.05, 3.63) is 36.0 Å². The van der Waals surface area contributed by atoms with E-state index in [0.29, 0.717) is 0 Å². The van der Waals surface area contributed by atoms with Crippen LogP contribution in [0.15, 0.2) is 30.5 Å². The van der Waals surface area contributed by atoms with Crippen molar-refractivity contribution in [3.63, 3.8) is 0 Å². The van der Waals surface area contributed by atoms with Crippen LogP contribution in [0.3, 0.4) is 0 Å². The van der Waals surface area contributed by atoms with Gasteiger partial charge in [0.15, 0.2) is 0 Å². The predicted molar refractivity (Wildman–Crippen MR) is 76.9 cm³/mol. The van der Waals surface area contributed by atoms with Gasteiger partial charge in [-0.2, -0.15) is 0 Å². The molecular weight excluding hydrogens is 220 g/mol. The normalized spacial score (nSPS) is 20.9. The van der Waals surface area contributed by atoms with Gasteiger partial charge in [0.25, 0.3) is 0 Å². The second-order valence-electron chi connectivity index (χ2n) is 5.64. The van der Waals surface area contributed by atoms with Crippen LogP contribution in [0, 0.1) is 6.92 Å². The highest BCUT2D eigenvalue weighted by atomic mass is 15.1. The summed E-state index contributed by atoms with van der Waals surface area (Å²) in [7, 11) is 2.26. The molecule has 2 heterocycles. The predicted octanol–water partition coefficient (Wildman–Crippen LogP) is 3.43. The highest BCUT2D eigenvalue weighted by Crippen LogP contribution is 2.21. The van der Waals surface area contributed by atoms with Crippen molar-refractivity contribution in [2.45, 2.75) is 38.8 Å². The SMILES string of the molecule is Cc1ccc2c(ccn2CCC2CCCN2C)c1. The highest BCUT2D eigenvalue weighted by molar-refractivity contribution is 5.80. The summed E-state index contributed by atoms with van der Waals surface area (Å²) in [6, 6.07) is 9.76. The van der Waals surface area contributed by atoms with E-state index in [-0.39, 0.29) is 0 Å². The zero-order chi connectivity index (χ0) is 12.5. The third kappa shape index (κ3) is 2.17. The lowest BCUT2D eigenvalue weighted by Crippen LogP contribution is -2.25. The largest absolute Gasteiger partial charge is 0.347 e. The highest BCUT2D eigenvalue weighted by Gasteiger charge is 2.20. The quantitative estimate of drug-likeness (QED) is 0.800. The van der Waals surface area contributed by atoms with Gasteiger partial charge < -0.3 is 9.47 Å². The molecule has 2 heteroatoms. The average Bonchev–Trinajstić information content (AvgIpc) is 2.93. The van der Waals surface area contributed by atoms with Crippen molar-refractivity contribution in [2.24, 2.45) is 0 Å². The Morgan fingerprint density at radius 3 is 2.94 bits per heavy atom. The molecule has 1 unspecified atom stereocenters. The molecule has 18 heavy (non-hydrogen) atoms. The maximum absolute atomic E-state index is 2.51. The average molecular weight is 242 g/mol. The van der Waals surface area contributed by atoms with Crippen LogP contribution >= 0.6 is 0 Å². The first-order chi connectivity index (χ1) is 8.74.